The molecule has 0 aliphatic carbocycles. The number of esters is 2. The van der Waals surface area contributed by atoms with Crippen LogP contribution in [-0.4, -0.2) is 105 Å². The Morgan fingerprint density at radius 1 is 0.682 bits per heavy atom. The van der Waals surface area contributed by atoms with Crippen molar-refractivity contribution in [3.05, 3.63) is 41.0 Å². The van der Waals surface area contributed by atoms with Crippen molar-refractivity contribution in [2.24, 2.45) is 0 Å². The van der Waals surface area contributed by atoms with E-state index in [2.05, 4.69) is 0 Å². The zero-order valence-corrected chi connectivity index (χ0v) is 21.8. The molecule has 3 aromatic rings. The first-order chi connectivity index (χ1) is 20.6. The monoisotopic (exact) mass is 618 g/mol. The lowest BCUT2D eigenvalue weighted by Crippen LogP contribution is -2.60. The smallest absolute Gasteiger partial charge is 0.340 e. The van der Waals surface area contributed by atoms with Gasteiger partial charge >= 0.3 is 11.9 Å². The number of hydrogen-bond donors (Lipinski definition) is 11. The Balaban J connectivity index is 1.59. The van der Waals surface area contributed by atoms with E-state index in [4.69, 9.17) is 14.2 Å². The lowest BCUT2D eigenvalue weighted by atomic mass is 9.86. The molecule has 0 bridgehead atoms. The van der Waals surface area contributed by atoms with Crippen LogP contribution in [0.4, 0.5) is 0 Å². The number of carbonyl (C=O) groups excluding carboxylic acids is 3. The van der Waals surface area contributed by atoms with Crippen LogP contribution >= 0.6 is 0 Å². The molecule has 1 saturated heterocycles. The summed E-state index contributed by atoms with van der Waals surface area (Å²) in [5.41, 5.74) is -3.64. The maximum absolute atomic E-state index is 13.5. The fourth-order valence-corrected chi connectivity index (χ4v) is 4.86. The summed E-state index contributed by atoms with van der Waals surface area (Å²) in [6.45, 7) is 0. The van der Waals surface area contributed by atoms with E-state index in [1.165, 1.54) is 0 Å². The van der Waals surface area contributed by atoms with Crippen LogP contribution in [0.1, 0.15) is 37.5 Å². The Morgan fingerprint density at radius 2 is 1.18 bits per heavy atom. The highest BCUT2D eigenvalue weighted by Gasteiger charge is 2.50. The number of phenolic OH excluding ortho intramolecular Hbond substituents is 9. The van der Waals surface area contributed by atoms with E-state index in [1.807, 2.05) is 0 Å². The summed E-state index contributed by atoms with van der Waals surface area (Å²) in [7, 11) is 0. The maximum Gasteiger partial charge on any atom is 0.340 e. The van der Waals surface area contributed by atoms with Crippen molar-refractivity contribution in [3.63, 3.8) is 0 Å². The van der Waals surface area contributed by atoms with Gasteiger partial charge in [-0.1, -0.05) is 0 Å². The Labute approximate surface area is 243 Å². The average Bonchev–Trinajstić information content (AvgIpc) is 2.97. The molecule has 17 heteroatoms. The number of fused-ring (bicyclic) bond motifs is 4. The first-order valence-electron chi connectivity index (χ1n) is 12.4. The highest BCUT2D eigenvalue weighted by Crippen LogP contribution is 2.53. The quantitative estimate of drug-likeness (QED) is 0.134. The lowest BCUT2D eigenvalue weighted by Gasteiger charge is -2.41. The number of aliphatic hydroxyl groups is 2. The molecule has 4 unspecified atom stereocenters. The van der Waals surface area contributed by atoms with Crippen molar-refractivity contribution in [2.45, 2.75) is 37.1 Å². The number of ketones is 1. The minimum atomic E-state index is -2.16. The molecule has 2 aliphatic rings. The minimum absolute atomic E-state index is 0.544. The summed E-state index contributed by atoms with van der Waals surface area (Å²) in [4.78, 5) is 39.6. The van der Waals surface area contributed by atoms with Crippen molar-refractivity contribution >= 4 is 17.7 Å². The van der Waals surface area contributed by atoms with E-state index in [0.29, 0.717) is 24.3 Å². The predicted molar refractivity (Wildman–Crippen MR) is 138 cm³/mol. The number of aliphatic hydroxyl groups excluding tert-OH is 2. The molecule has 0 amide bonds. The van der Waals surface area contributed by atoms with Gasteiger partial charge < -0.3 is 70.4 Å². The molecule has 11 N–H and O–H groups in total. The van der Waals surface area contributed by atoms with Gasteiger partial charge in [-0.15, -0.1) is 0 Å². The molecule has 17 nitrogen and oxygen atoms in total. The average molecular weight is 618 g/mol. The third-order valence-corrected chi connectivity index (χ3v) is 7.08. The molecule has 0 spiro atoms. The van der Waals surface area contributed by atoms with Crippen LogP contribution in [0.15, 0.2) is 24.3 Å². The van der Waals surface area contributed by atoms with Gasteiger partial charge in [-0.2, -0.15) is 0 Å². The van der Waals surface area contributed by atoms with Crippen molar-refractivity contribution < 1.29 is 84.8 Å². The van der Waals surface area contributed by atoms with Crippen LogP contribution in [-0.2, 0) is 14.2 Å². The summed E-state index contributed by atoms with van der Waals surface area (Å²) in [6.07, 6.45) is -10.9. The van der Waals surface area contributed by atoms with Gasteiger partial charge in [0.1, 0.15) is 18.3 Å². The van der Waals surface area contributed by atoms with Crippen molar-refractivity contribution in [1.29, 1.82) is 0 Å². The zero-order chi connectivity index (χ0) is 32.4. The van der Waals surface area contributed by atoms with Gasteiger partial charge in [-0.3, -0.25) is 4.79 Å². The maximum atomic E-state index is 13.5. The van der Waals surface area contributed by atoms with Gasteiger partial charge in [0.2, 0.25) is 17.8 Å². The van der Waals surface area contributed by atoms with Crippen molar-refractivity contribution in [3.8, 4) is 62.9 Å². The number of ether oxygens (including phenoxy) is 3. The summed E-state index contributed by atoms with van der Waals surface area (Å²) >= 11 is 0. The Hall–Kier alpha value is -5.65. The number of aromatic hydroxyl groups is 9. The molecule has 5 atom stereocenters. The van der Waals surface area contributed by atoms with Crippen LogP contribution in [0, 0.1) is 0 Å². The van der Waals surface area contributed by atoms with Crippen LogP contribution in [0.25, 0.3) is 11.1 Å². The van der Waals surface area contributed by atoms with E-state index in [1.54, 1.807) is 0 Å². The van der Waals surface area contributed by atoms with Crippen LogP contribution in [0.2, 0.25) is 0 Å². The second-order valence-electron chi connectivity index (χ2n) is 9.82. The molecule has 5 rings (SSSR count). The Kier molecular flexibility index (Phi) is 7.16. The molecular weight excluding hydrogens is 596 g/mol. The first kappa shape index (κ1) is 29.8. The fraction of sp³-hybridized carbons (Fsp3) is 0.222. The molecule has 3 aromatic carbocycles. The van der Waals surface area contributed by atoms with Gasteiger partial charge in [0.15, 0.2) is 52.1 Å². The number of benzene rings is 3. The van der Waals surface area contributed by atoms with Crippen LogP contribution in [0.3, 0.4) is 0 Å². The van der Waals surface area contributed by atoms with E-state index in [0.717, 1.165) is 0 Å². The molecule has 44 heavy (non-hydrogen) atoms. The van der Waals surface area contributed by atoms with E-state index in [9.17, 15) is 70.6 Å². The predicted octanol–water partition coefficient (Wildman–Crippen LogP) is 0.119. The van der Waals surface area contributed by atoms with Gasteiger partial charge in [0.25, 0.3) is 0 Å². The van der Waals surface area contributed by atoms with Gasteiger partial charge in [0.05, 0.1) is 11.1 Å². The summed E-state index contributed by atoms with van der Waals surface area (Å²) in [6, 6.07) is 2.62. The standard InChI is InChI=1S/C27H22O17/c28-9-5-14-24(22(38)23(39)27(42-14)44-25(40)6-1-10(29)17(33)11(30)2-6)43-26(41)8-4-13(32)19(35)21(37)16(8)15-7(9)3-12(31)18(34)20(15)36/h1-4,14,22-24,27,29-39H,5H2/t14?,22?,23?,24?,27-/m0/s1. The lowest BCUT2D eigenvalue weighted by molar-refractivity contribution is -0.278. The fourth-order valence-electron chi connectivity index (χ4n) is 4.86. The molecule has 232 valence electrons. The van der Waals surface area contributed by atoms with E-state index < -0.39 is 134 Å². The third-order valence-electron chi connectivity index (χ3n) is 7.08. The summed E-state index contributed by atoms with van der Waals surface area (Å²) < 4.78 is 15.8. The summed E-state index contributed by atoms with van der Waals surface area (Å²) in [5.74, 6) is -13.6. The largest absolute Gasteiger partial charge is 0.504 e. The molecular formula is C27H22O17. The molecule has 2 heterocycles. The molecule has 0 saturated carbocycles. The van der Waals surface area contributed by atoms with Crippen LogP contribution < -0.4 is 0 Å². The highest BCUT2D eigenvalue weighted by molar-refractivity contribution is 6.10. The third kappa shape index (κ3) is 4.70. The van der Waals surface area contributed by atoms with Gasteiger partial charge in [0, 0.05) is 23.1 Å². The number of carbonyl (C=O) groups is 3. The molecule has 2 aliphatic heterocycles. The number of hydrogen-bond acceptors (Lipinski definition) is 17. The number of phenols is 9. The number of rotatable bonds is 2. The summed E-state index contributed by atoms with van der Waals surface area (Å²) in [5, 5.41) is 112. The SMILES string of the molecule is O=C(O[C@@H]1OC2CC(=O)c3cc(O)c(O)c(O)c3-c3c(cc(O)c(O)c3O)C(=O)OC2C(O)C1O)c1cc(O)c(O)c(O)c1. The van der Waals surface area contributed by atoms with Gasteiger partial charge in [-0.05, 0) is 24.3 Å². The topological polar surface area (TPSA) is 301 Å². The Bertz CT molecular complexity index is 1710. The highest BCUT2D eigenvalue weighted by atomic mass is 16.7. The number of Topliss-reactive ketones (excluding diaryl/α,β-unsaturated/α-hetero) is 1. The molecule has 0 radical (unpaired) electrons. The van der Waals surface area contributed by atoms with Gasteiger partial charge in [-0.25, -0.2) is 9.59 Å². The van der Waals surface area contributed by atoms with Crippen LogP contribution in [0.5, 0.6) is 51.7 Å². The zero-order valence-electron chi connectivity index (χ0n) is 21.8. The second kappa shape index (κ2) is 10.6. The second-order valence-corrected chi connectivity index (χ2v) is 9.82. The Morgan fingerprint density at radius 3 is 1.75 bits per heavy atom. The van der Waals surface area contributed by atoms with E-state index >= 15 is 0 Å². The minimum Gasteiger partial charge on any atom is -0.504 e. The van der Waals surface area contributed by atoms with Crippen molar-refractivity contribution in [2.75, 3.05) is 0 Å². The molecule has 0 aromatic heterocycles. The normalized spacial score (nSPS) is 23.1. The van der Waals surface area contributed by atoms with E-state index in [-0.39, 0.29) is 0 Å². The first-order valence-corrected chi connectivity index (χ1v) is 12.4. The molecule has 1 fully saturated rings. The van der Waals surface area contributed by atoms with Crippen molar-refractivity contribution in [1.82, 2.24) is 0 Å².